The number of aromatic amines is 1. The quantitative estimate of drug-likeness (QED) is 0.423. The Hall–Kier alpha value is -2.90. The lowest BCUT2D eigenvalue weighted by Crippen LogP contribution is -2.18. The molecule has 0 fully saturated rings. The minimum absolute atomic E-state index is 0. The van der Waals surface area contributed by atoms with E-state index in [0.717, 1.165) is 32.1 Å². The van der Waals surface area contributed by atoms with Crippen molar-refractivity contribution in [3.8, 4) is 0 Å². The zero-order valence-electron chi connectivity index (χ0n) is 15.6. The summed E-state index contributed by atoms with van der Waals surface area (Å²) in [6.07, 6.45) is 5.66. The van der Waals surface area contributed by atoms with Crippen molar-refractivity contribution >= 4 is 57.7 Å². The van der Waals surface area contributed by atoms with Crippen LogP contribution in [-0.4, -0.2) is 28.1 Å². The summed E-state index contributed by atoms with van der Waals surface area (Å²) in [6.45, 7) is 0. The zero-order chi connectivity index (χ0) is 19.3. The van der Waals surface area contributed by atoms with E-state index in [1.54, 1.807) is 25.0 Å². The molecular formula is C22H19BrN4OS. The van der Waals surface area contributed by atoms with Gasteiger partial charge in [-0.2, -0.15) is 5.10 Å². The van der Waals surface area contributed by atoms with Gasteiger partial charge in [-0.25, -0.2) is 0 Å². The van der Waals surface area contributed by atoms with Crippen LogP contribution in [0.4, 0.5) is 0 Å². The highest BCUT2D eigenvalue weighted by molar-refractivity contribution is 8.93. The number of nitrogens with one attached hydrogen (secondary N) is 2. The first-order valence-corrected chi connectivity index (χ1v) is 9.62. The number of aromatic nitrogens is 3. The monoisotopic (exact) mass is 466 g/mol. The highest BCUT2D eigenvalue weighted by Crippen LogP contribution is 2.32. The molecule has 5 nitrogen and oxygen atoms in total. The summed E-state index contributed by atoms with van der Waals surface area (Å²) in [6, 6.07) is 19.5. The molecule has 2 aromatic carbocycles. The molecular weight excluding hydrogens is 448 g/mol. The van der Waals surface area contributed by atoms with E-state index < -0.39 is 0 Å². The standard InChI is InChI=1S/C22H18N4OS.BrH/c1-23-22(27)18-7-2-3-8-21(18)28-16-10-11-17-19(25-26-20(17)14-16)12-9-15-6-4-5-13-24-15;/h2-14H,1H3,(H,23,27)(H,25,26);1H/b12-9+;. The van der Waals surface area contributed by atoms with Crippen LogP contribution in [0.3, 0.4) is 0 Å². The Kier molecular flexibility index (Phi) is 6.85. The van der Waals surface area contributed by atoms with Gasteiger partial charge in [0.15, 0.2) is 0 Å². The van der Waals surface area contributed by atoms with Crippen LogP contribution in [0.25, 0.3) is 23.1 Å². The Balaban J connectivity index is 0.00000240. The molecule has 2 aromatic heterocycles. The van der Waals surface area contributed by atoms with Crippen LogP contribution in [0.15, 0.2) is 76.7 Å². The molecule has 0 unspecified atom stereocenters. The predicted octanol–water partition coefficient (Wildman–Crippen LogP) is 5.22. The predicted molar refractivity (Wildman–Crippen MR) is 124 cm³/mol. The van der Waals surface area contributed by atoms with E-state index in [4.69, 9.17) is 0 Å². The number of carbonyl (C=O) groups excluding carboxylic acids is 1. The second-order valence-electron chi connectivity index (χ2n) is 6.08. The van der Waals surface area contributed by atoms with E-state index in [9.17, 15) is 4.79 Å². The summed E-state index contributed by atoms with van der Waals surface area (Å²) in [7, 11) is 1.64. The van der Waals surface area contributed by atoms with Crippen molar-refractivity contribution in [2.75, 3.05) is 7.05 Å². The molecule has 2 N–H and O–H groups in total. The van der Waals surface area contributed by atoms with Crippen molar-refractivity contribution in [2.45, 2.75) is 9.79 Å². The summed E-state index contributed by atoms with van der Waals surface area (Å²) in [5, 5.41) is 11.2. The molecule has 0 atom stereocenters. The van der Waals surface area contributed by atoms with E-state index in [0.29, 0.717) is 5.56 Å². The molecule has 29 heavy (non-hydrogen) atoms. The molecule has 1 amide bonds. The van der Waals surface area contributed by atoms with Crippen molar-refractivity contribution in [1.82, 2.24) is 20.5 Å². The first-order chi connectivity index (χ1) is 13.7. The third-order valence-electron chi connectivity index (χ3n) is 4.25. The van der Waals surface area contributed by atoms with Crippen LogP contribution < -0.4 is 5.32 Å². The smallest absolute Gasteiger partial charge is 0.252 e. The van der Waals surface area contributed by atoms with Gasteiger partial charge in [-0.05, 0) is 54.6 Å². The molecule has 0 aliphatic carbocycles. The van der Waals surface area contributed by atoms with Crippen molar-refractivity contribution in [1.29, 1.82) is 0 Å². The minimum atomic E-state index is -0.0901. The van der Waals surface area contributed by atoms with Gasteiger partial charge in [0.05, 0.1) is 22.5 Å². The van der Waals surface area contributed by atoms with Gasteiger partial charge in [0.25, 0.3) is 5.91 Å². The van der Waals surface area contributed by atoms with Crippen molar-refractivity contribution in [3.63, 3.8) is 0 Å². The van der Waals surface area contributed by atoms with Crippen molar-refractivity contribution in [3.05, 3.63) is 83.8 Å². The number of hydrogen-bond donors (Lipinski definition) is 2. The highest BCUT2D eigenvalue weighted by Gasteiger charge is 2.11. The third-order valence-corrected chi connectivity index (χ3v) is 5.32. The van der Waals surface area contributed by atoms with Crippen LogP contribution in [0, 0.1) is 0 Å². The van der Waals surface area contributed by atoms with Gasteiger partial charge in [-0.15, -0.1) is 17.0 Å². The Morgan fingerprint density at radius 3 is 2.69 bits per heavy atom. The Morgan fingerprint density at radius 2 is 1.90 bits per heavy atom. The van der Waals surface area contributed by atoms with Gasteiger partial charge >= 0.3 is 0 Å². The van der Waals surface area contributed by atoms with E-state index in [2.05, 4.69) is 20.5 Å². The maximum absolute atomic E-state index is 12.1. The lowest BCUT2D eigenvalue weighted by molar-refractivity contribution is 0.0960. The fraction of sp³-hybridized carbons (Fsp3) is 0.0455. The molecule has 0 saturated heterocycles. The molecule has 0 bridgehead atoms. The molecule has 146 valence electrons. The largest absolute Gasteiger partial charge is 0.355 e. The number of amides is 1. The SMILES string of the molecule is Br.CNC(=O)c1ccccc1Sc1ccc2c(/C=C/c3ccccn3)n[nH]c2c1. The highest BCUT2D eigenvalue weighted by atomic mass is 79.9. The maximum atomic E-state index is 12.1. The summed E-state index contributed by atoms with van der Waals surface area (Å²) < 4.78 is 0. The van der Waals surface area contributed by atoms with Crippen LogP contribution >= 0.6 is 28.7 Å². The van der Waals surface area contributed by atoms with E-state index >= 15 is 0 Å². The van der Waals surface area contributed by atoms with Gasteiger partial charge < -0.3 is 5.32 Å². The molecule has 0 spiro atoms. The zero-order valence-corrected chi connectivity index (χ0v) is 18.2. The summed E-state index contributed by atoms with van der Waals surface area (Å²) in [5.74, 6) is -0.0901. The summed E-state index contributed by atoms with van der Waals surface area (Å²) >= 11 is 1.56. The summed E-state index contributed by atoms with van der Waals surface area (Å²) in [5.41, 5.74) is 3.36. The fourth-order valence-corrected chi connectivity index (χ4v) is 3.84. The van der Waals surface area contributed by atoms with E-state index in [-0.39, 0.29) is 22.9 Å². The van der Waals surface area contributed by atoms with Crippen molar-refractivity contribution < 1.29 is 4.79 Å². The second kappa shape index (κ2) is 9.54. The Bertz CT molecular complexity index is 1160. The summed E-state index contributed by atoms with van der Waals surface area (Å²) in [4.78, 5) is 18.3. The number of hydrogen-bond acceptors (Lipinski definition) is 4. The lowest BCUT2D eigenvalue weighted by atomic mass is 10.2. The number of fused-ring (bicyclic) bond motifs is 1. The van der Waals surface area contributed by atoms with Gasteiger partial charge in [-0.3, -0.25) is 14.9 Å². The number of carbonyl (C=O) groups is 1. The van der Waals surface area contributed by atoms with Crippen LogP contribution in [0.2, 0.25) is 0 Å². The van der Waals surface area contributed by atoms with E-state index in [1.807, 2.05) is 72.8 Å². The van der Waals surface area contributed by atoms with Crippen molar-refractivity contribution in [2.24, 2.45) is 0 Å². The van der Waals surface area contributed by atoms with Gasteiger partial charge in [0.1, 0.15) is 0 Å². The molecule has 4 rings (SSSR count). The number of pyridine rings is 1. The third kappa shape index (κ3) is 4.75. The van der Waals surface area contributed by atoms with Gasteiger partial charge in [0, 0.05) is 28.4 Å². The van der Waals surface area contributed by atoms with Crippen LogP contribution in [0.1, 0.15) is 21.7 Å². The normalized spacial score (nSPS) is 10.8. The van der Waals surface area contributed by atoms with Gasteiger partial charge in [-0.1, -0.05) is 30.0 Å². The number of H-pyrrole nitrogens is 1. The maximum Gasteiger partial charge on any atom is 0.252 e. The van der Waals surface area contributed by atoms with Crippen LogP contribution in [0.5, 0.6) is 0 Å². The van der Waals surface area contributed by atoms with Gasteiger partial charge in [0.2, 0.25) is 0 Å². The molecule has 0 radical (unpaired) electrons. The molecule has 0 aliphatic rings. The molecule has 4 aromatic rings. The topological polar surface area (TPSA) is 70.7 Å². The fourth-order valence-electron chi connectivity index (χ4n) is 2.85. The molecule has 0 saturated carbocycles. The Morgan fingerprint density at radius 1 is 1.07 bits per heavy atom. The number of rotatable bonds is 5. The number of nitrogens with zero attached hydrogens (tertiary/aromatic N) is 2. The van der Waals surface area contributed by atoms with Crippen LogP contribution in [-0.2, 0) is 0 Å². The number of halogens is 1. The second-order valence-corrected chi connectivity index (χ2v) is 7.20. The van der Waals surface area contributed by atoms with E-state index in [1.165, 1.54) is 0 Å². The average molecular weight is 467 g/mol. The Labute approximate surface area is 183 Å². The first-order valence-electron chi connectivity index (χ1n) is 8.81. The molecule has 7 heteroatoms. The lowest BCUT2D eigenvalue weighted by Gasteiger charge is -2.08. The average Bonchev–Trinajstić information content (AvgIpc) is 3.15. The first kappa shape index (κ1) is 20.8. The minimum Gasteiger partial charge on any atom is -0.355 e. The molecule has 0 aliphatic heterocycles. The molecule has 2 heterocycles. The number of benzene rings is 2.